The lowest BCUT2D eigenvalue weighted by atomic mass is 10.1. The van der Waals surface area contributed by atoms with E-state index < -0.39 is 5.60 Å². The largest absolute Gasteiger partial charge is 0.386 e. The second-order valence-electron chi connectivity index (χ2n) is 3.74. The van der Waals surface area contributed by atoms with E-state index in [-0.39, 0.29) is 5.91 Å². The molecule has 0 rings (SSSR count). The highest BCUT2D eigenvalue weighted by atomic mass is 16.3. The van der Waals surface area contributed by atoms with Gasteiger partial charge in [-0.05, 0) is 33.3 Å². The minimum atomic E-state index is -0.923. The van der Waals surface area contributed by atoms with Gasteiger partial charge in [0, 0.05) is 12.1 Å². The SMILES string of the molecule is CCCNC(=O)/C(C)=C/C(C)(C)O. The first kappa shape index (κ1) is 12.2. The summed E-state index contributed by atoms with van der Waals surface area (Å²) in [5.41, 5.74) is -0.367. The molecule has 0 aliphatic rings. The maximum absolute atomic E-state index is 11.3. The van der Waals surface area contributed by atoms with Crippen molar-refractivity contribution in [2.24, 2.45) is 0 Å². The van der Waals surface area contributed by atoms with Gasteiger partial charge in [0.15, 0.2) is 0 Å². The fourth-order valence-corrected chi connectivity index (χ4v) is 0.973. The standard InChI is InChI=1S/C10H19NO2/c1-5-6-11-9(12)8(2)7-10(3,4)13/h7,13H,5-6H2,1-4H3,(H,11,12)/b8-7+. The van der Waals surface area contributed by atoms with E-state index in [2.05, 4.69) is 5.32 Å². The third-order valence-corrected chi connectivity index (χ3v) is 1.46. The van der Waals surface area contributed by atoms with E-state index in [0.29, 0.717) is 12.1 Å². The number of aliphatic hydroxyl groups is 1. The Bertz CT molecular complexity index is 201. The van der Waals surface area contributed by atoms with Gasteiger partial charge >= 0.3 is 0 Å². The quantitative estimate of drug-likeness (QED) is 0.647. The van der Waals surface area contributed by atoms with Crippen molar-refractivity contribution in [1.82, 2.24) is 5.32 Å². The van der Waals surface area contributed by atoms with E-state index in [0.717, 1.165) is 6.42 Å². The smallest absolute Gasteiger partial charge is 0.246 e. The van der Waals surface area contributed by atoms with Gasteiger partial charge in [-0.15, -0.1) is 0 Å². The van der Waals surface area contributed by atoms with Crippen LogP contribution in [0, 0.1) is 0 Å². The van der Waals surface area contributed by atoms with Gasteiger partial charge in [0.1, 0.15) is 0 Å². The highest BCUT2D eigenvalue weighted by Crippen LogP contribution is 2.07. The maximum Gasteiger partial charge on any atom is 0.246 e. The van der Waals surface area contributed by atoms with Crippen molar-refractivity contribution in [2.45, 2.75) is 39.7 Å². The van der Waals surface area contributed by atoms with Crippen LogP contribution in [0.4, 0.5) is 0 Å². The summed E-state index contributed by atoms with van der Waals surface area (Å²) >= 11 is 0. The Labute approximate surface area is 79.8 Å². The number of amides is 1. The van der Waals surface area contributed by atoms with Crippen molar-refractivity contribution in [2.75, 3.05) is 6.54 Å². The average Bonchev–Trinajstić information content (AvgIpc) is 1.96. The van der Waals surface area contributed by atoms with Crippen LogP contribution < -0.4 is 5.32 Å². The van der Waals surface area contributed by atoms with Crippen LogP contribution in [0.15, 0.2) is 11.6 Å². The summed E-state index contributed by atoms with van der Waals surface area (Å²) in [4.78, 5) is 11.3. The highest BCUT2D eigenvalue weighted by Gasteiger charge is 2.11. The monoisotopic (exact) mass is 185 g/mol. The first-order valence-electron chi connectivity index (χ1n) is 4.57. The molecular weight excluding hydrogens is 166 g/mol. The van der Waals surface area contributed by atoms with Crippen LogP contribution in [-0.2, 0) is 4.79 Å². The normalized spacial score (nSPS) is 12.8. The van der Waals surface area contributed by atoms with E-state index in [4.69, 9.17) is 0 Å². The Balaban J connectivity index is 4.17. The van der Waals surface area contributed by atoms with Crippen molar-refractivity contribution in [3.05, 3.63) is 11.6 Å². The molecule has 0 radical (unpaired) electrons. The van der Waals surface area contributed by atoms with E-state index in [1.54, 1.807) is 26.8 Å². The first-order chi connectivity index (χ1) is 5.87. The summed E-state index contributed by atoms with van der Waals surface area (Å²) in [7, 11) is 0. The van der Waals surface area contributed by atoms with E-state index in [1.165, 1.54) is 0 Å². The predicted molar refractivity (Wildman–Crippen MR) is 53.4 cm³/mol. The third kappa shape index (κ3) is 6.34. The molecule has 2 N–H and O–H groups in total. The van der Waals surface area contributed by atoms with Crippen molar-refractivity contribution < 1.29 is 9.90 Å². The predicted octanol–water partition coefficient (Wildman–Crippen LogP) is 1.23. The minimum absolute atomic E-state index is 0.107. The summed E-state index contributed by atoms with van der Waals surface area (Å²) in [6.07, 6.45) is 2.47. The van der Waals surface area contributed by atoms with Gasteiger partial charge < -0.3 is 10.4 Å². The molecule has 13 heavy (non-hydrogen) atoms. The number of hydrogen-bond acceptors (Lipinski definition) is 2. The summed E-state index contributed by atoms with van der Waals surface area (Å²) in [6.45, 7) is 7.65. The van der Waals surface area contributed by atoms with Gasteiger partial charge in [-0.2, -0.15) is 0 Å². The molecule has 0 atom stereocenters. The summed E-state index contributed by atoms with van der Waals surface area (Å²) in [6, 6.07) is 0. The molecule has 0 unspecified atom stereocenters. The molecular formula is C10H19NO2. The maximum atomic E-state index is 11.3. The topological polar surface area (TPSA) is 49.3 Å². The number of rotatable bonds is 4. The molecule has 1 amide bonds. The van der Waals surface area contributed by atoms with E-state index >= 15 is 0 Å². The zero-order chi connectivity index (χ0) is 10.5. The Morgan fingerprint density at radius 1 is 1.54 bits per heavy atom. The third-order valence-electron chi connectivity index (χ3n) is 1.46. The number of nitrogens with one attached hydrogen (secondary N) is 1. The van der Waals surface area contributed by atoms with Gasteiger partial charge in [-0.25, -0.2) is 0 Å². The van der Waals surface area contributed by atoms with Crippen LogP contribution in [0.1, 0.15) is 34.1 Å². The summed E-state index contributed by atoms with van der Waals surface area (Å²) in [5.74, 6) is -0.107. The first-order valence-corrected chi connectivity index (χ1v) is 4.57. The zero-order valence-corrected chi connectivity index (χ0v) is 8.85. The molecule has 0 aromatic rings. The van der Waals surface area contributed by atoms with E-state index in [9.17, 15) is 9.90 Å². The molecule has 0 heterocycles. The molecule has 0 aromatic heterocycles. The van der Waals surface area contributed by atoms with Crippen LogP contribution >= 0.6 is 0 Å². The van der Waals surface area contributed by atoms with Crippen molar-refractivity contribution in [3.8, 4) is 0 Å². The van der Waals surface area contributed by atoms with Crippen LogP contribution in [0.2, 0.25) is 0 Å². The van der Waals surface area contributed by atoms with Crippen LogP contribution in [0.3, 0.4) is 0 Å². The van der Waals surface area contributed by atoms with Crippen molar-refractivity contribution in [1.29, 1.82) is 0 Å². The second kappa shape index (κ2) is 5.02. The molecule has 0 bridgehead atoms. The summed E-state index contributed by atoms with van der Waals surface area (Å²) < 4.78 is 0. The number of hydrogen-bond donors (Lipinski definition) is 2. The van der Waals surface area contributed by atoms with Gasteiger partial charge in [-0.3, -0.25) is 4.79 Å². The Kier molecular flexibility index (Phi) is 4.70. The lowest BCUT2D eigenvalue weighted by Crippen LogP contribution is -2.26. The molecule has 76 valence electrons. The Morgan fingerprint density at radius 2 is 2.08 bits per heavy atom. The molecule has 0 aliphatic heterocycles. The molecule has 0 saturated heterocycles. The molecule has 0 spiro atoms. The van der Waals surface area contributed by atoms with Crippen LogP contribution in [-0.4, -0.2) is 23.2 Å². The zero-order valence-electron chi connectivity index (χ0n) is 8.85. The summed E-state index contributed by atoms with van der Waals surface area (Å²) in [5, 5.41) is 12.1. The van der Waals surface area contributed by atoms with Gasteiger partial charge in [0.2, 0.25) is 5.91 Å². The molecule has 3 nitrogen and oxygen atoms in total. The van der Waals surface area contributed by atoms with Gasteiger partial charge in [0.05, 0.1) is 5.60 Å². The van der Waals surface area contributed by atoms with E-state index in [1.807, 2.05) is 6.92 Å². The molecule has 0 fully saturated rings. The molecule has 0 saturated carbocycles. The van der Waals surface area contributed by atoms with Gasteiger partial charge in [0.25, 0.3) is 0 Å². The Hall–Kier alpha value is -0.830. The van der Waals surface area contributed by atoms with Crippen LogP contribution in [0.25, 0.3) is 0 Å². The molecule has 0 aromatic carbocycles. The molecule has 0 aliphatic carbocycles. The minimum Gasteiger partial charge on any atom is -0.386 e. The average molecular weight is 185 g/mol. The fourth-order valence-electron chi connectivity index (χ4n) is 0.973. The molecule has 3 heteroatoms. The van der Waals surface area contributed by atoms with Crippen molar-refractivity contribution in [3.63, 3.8) is 0 Å². The highest BCUT2D eigenvalue weighted by molar-refractivity contribution is 5.92. The van der Waals surface area contributed by atoms with Gasteiger partial charge in [-0.1, -0.05) is 6.92 Å². The fraction of sp³-hybridized carbons (Fsp3) is 0.700. The number of carbonyl (C=O) groups is 1. The lowest BCUT2D eigenvalue weighted by molar-refractivity contribution is -0.117. The van der Waals surface area contributed by atoms with Crippen molar-refractivity contribution >= 4 is 5.91 Å². The Morgan fingerprint density at radius 3 is 2.46 bits per heavy atom. The second-order valence-corrected chi connectivity index (χ2v) is 3.74. The lowest BCUT2D eigenvalue weighted by Gasteiger charge is -2.13. The van der Waals surface area contributed by atoms with Crippen LogP contribution in [0.5, 0.6) is 0 Å². The number of carbonyl (C=O) groups excluding carboxylic acids is 1.